The summed E-state index contributed by atoms with van der Waals surface area (Å²) in [6, 6.07) is 14.4. The molecule has 26 heavy (non-hydrogen) atoms. The van der Waals surface area contributed by atoms with Crippen LogP contribution < -0.4 is 10.6 Å². The first-order valence-corrected chi connectivity index (χ1v) is 9.00. The van der Waals surface area contributed by atoms with Gasteiger partial charge in [-0.2, -0.15) is 0 Å². The van der Waals surface area contributed by atoms with E-state index in [1.54, 1.807) is 18.2 Å². The van der Waals surface area contributed by atoms with Gasteiger partial charge >= 0.3 is 5.97 Å². The van der Waals surface area contributed by atoms with Crippen LogP contribution in [0, 0.1) is 0 Å². The van der Waals surface area contributed by atoms with Crippen molar-refractivity contribution in [1.82, 2.24) is 5.32 Å². The second-order valence-corrected chi connectivity index (χ2v) is 7.18. The van der Waals surface area contributed by atoms with Crippen molar-refractivity contribution >= 4 is 35.2 Å². The number of hydrogen-bond acceptors (Lipinski definition) is 5. The molecule has 2 amide bonds. The van der Waals surface area contributed by atoms with Crippen molar-refractivity contribution in [3.05, 3.63) is 59.7 Å². The molecule has 0 bridgehead atoms. The molecule has 0 unspecified atom stereocenters. The summed E-state index contributed by atoms with van der Waals surface area (Å²) in [4.78, 5) is 36.6. The first-order chi connectivity index (χ1) is 12.5. The number of rotatable bonds is 5. The molecule has 6 nitrogen and oxygen atoms in total. The van der Waals surface area contributed by atoms with Crippen LogP contribution in [-0.4, -0.2) is 29.6 Å². The minimum atomic E-state index is -0.611. The van der Waals surface area contributed by atoms with Gasteiger partial charge in [0.05, 0.1) is 16.5 Å². The zero-order valence-electron chi connectivity index (χ0n) is 14.2. The fraction of sp³-hybridized carbons (Fsp3) is 0.211. The molecule has 1 aliphatic heterocycles. The molecule has 2 N–H and O–H groups in total. The molecule has 1 atom stereocenters. The number of anilines is 1. The lowest BCUT2D eigenvalue weighted by molar-refractivity contribution is -0.124. The number of hydrogen-bond donors (Lipinski definition) is 2. The Morgan fingerprint density at radius 2 is 1.96 bits per heavy atom. The van der Waals surface area contributed by atoms with Gasteiger partial charge in [0, 0.05) is 11.4 Å². The standard InChI is InChI=1S/C19H18N2O4S/c1-12-18(23)21-15-9-14(7-8-16(15)26-12)19(24)25-11-17(22)20-10-13-5-3-2-4-6-13/h2-9,12H,10-11H2,1H3,(H,20,22)(H,21,23)/t12-/m1/s1. The fourth-order valence-corrected chi connectivity index (χ4v) is 3.33. The number of esters is 1. The molecular formula is C19H18N2O4S. The molecule has 0 aliphatic carbocycles. The minimum Gasteiger partial charge on any atom is -0.452 e. The van der Waals surface area contributed by atoms with Crippen LogP contribution in [0.3, 0.4) is 0 Å². The predicted molar refractivity (Wildman–Crippen MR) is 99.0 cm³/mol. The molecule has 0 saturated carbocycles. The molecule has 7 heteroatoms. The maximum atomic E-state index is 12.1. The van der Waals surface area contributed by atoms with Gasteiger partial charge in [0.1, 0.15) is 0 Å². The molecular weight excluding hydrogens is 352 g/mol. The van der Waals surface area contributed by atoms with Crippen LogP contribution in [0.5, 0.6) is 0 Å². The second-order valence-electron chi connectivity index (χ2n) is 5.80. The van der Waals surface area contributed by atoms with E-state index in [0.29, 0.717) is 12.2 Å². The van der Waals surface area contributed by atoms with Crippen LogP contribution in [-0.2, 0) is 20.9 Å². The number of fused-ring (bicyclic) bond motifs is 1. The molecule has 0 fully saturated rings. The van der Waals surface area contributed by atoms with E-state index in [1.807, 2.05) is 37.3 Å². The molecule has 3 rings (SSSR count). The Balaban J connectivity index is 1.53. The summed E-state index contributed by atoms with van der Waals surface area (Å²) in [7, 11) is 0. The van der Waals surface area contributed by atoms with Gasteiger partial charge in [0.15, 0.2) is 6.61 Å². The topological polar surface area (TPSA) is 84.5 Å². The highest BCUT2D eigenvalue weighted by Crippen LogP contribution is 2.35. The van der Waals surface area contributed by atoms with Crippen molar-refractivity contribution in [3.63, 3.8) is 0 Å². The summed E-state index contributed by atoms with van der Waals surface area (Å²) in [6.07, 6.45) is 0. The zero-order valence-corrected chi connectivity index (χ0v) is 15.0. The number of nitrogens with one attached hydrogen (secondary N) is 2. The Morgan fingerprint density at radius 1 is 1.19 bits per heavy atom. The molecule has 1 aliphatic rings. The lowest BCUT2D eigenvalue weighted by Gasteiger charge is -2.21. The largest absolute Gasteiger partial charge is 0.452 e. The van der Waals surface area contributed by atoms with E-state index in [2.05, 4.69) is 10.6 Å². The maximum absolute atomic E-state index is 12.1. The average molecular weight is 370 g/mol. The van der Waals surface area contributed by atoms with Gasteiger partial charge < -0.3 is 15.4 Å². The SMILES string of the molecule is C[C@H]1Sc2ccc(C(=O)OCC(=O)NCc3ccccc3)cc2NC1=O. The van der Waals surface area contributed by atoms with Gasteiger partial charge in [-0.1, -0.05) is 30.3 Å². The Kier molecular flexibility index (Phi) is 5.58. The van der Waals surface area contributed by atoms with Gasteiger partial charge in [-0.05, 0) is 30.7 Å². The highest BCUT2D eigenvalue weighted by atomic mass is 32.2. The number of ether oxygens (including phenoxy) is 1. The van der Waals surface area contributed by atoms with Gasteiger partial charge in [-0.25, -0.2) is 4.79 Å². The number of carbonyl (C=O) groups excluding carboxylic acids is 3. The molecule has 1 heterocycles. The van der Waals surface area contributed by atoms with Crippen molar-refractivity contribution in [2.24, 2.45) is 0 Å². The van der Waals surface area contributed by atoms with E-state index in [9.17, 15) is 14.4 Å². The third kappa shape index (κ3) is 4.43. The summed E-state index contributed by atoms with van der Waals surface area (Å²) in [6.45, 7) is 1.83. The third-order valence-corrected chi connectivity index (χ3v) is 4.99. The molecule has 2 aromatic rings. The number of carbonyl (C=O) groups is 3. The number of thioether (sulfide) groups is 1. The smallest absolute Gasteiger partial charge is 0.338 e. The molecule has 134 valence electrons. The van der Waals surface area contributed by atoms with Crippen molar-refractivity contribution in [1.29, 1.82) is 0 Å². The van der Waals surface area contributed by atoms with Crippen LogP contribution in [0.15, 0.2) is 53.4 Å². The Labute approximate surface area is 155 Å². The highest BCUT2D eigenvalue weighted by Gasteiger charge is 2.24. The second kappa shape index (κ2) is 8.05. The first kappa shape index (κ1) is 18.0. The Bertz CT molecular complexity index is 839. The van der Waals surface area contributed by atoms with Crippen LogP contribution in [0.2, 0.25) is 0 Å². The number of benzene rings is 2. The zero-order chi connectivity index (χ0) is 18.5. The van der Waals surface area contributed by atoms with Crippen molar-refractivity contribution < 1.29 is 19.1 Å². The Hall–Kier alpha value is -2.80. The van der Waals surface area contributed by atoms with Gasteiger partial charge in [0.2, 0.25) is 5.91 Å². The van der Waals surface area contributed by atoms with Crippen LogP contribution in [0.4, 0.5) is 5.69 Å². The highest BCUT2D eigenvalue weighted by molar-refractivity contribution is 8.00. The van der Waals surface area contributed by atoms with Gasteiger partial charge in [0.25, 0.3) is 5.91 Å². The molecule has 2 aromatic carbocycles. The van der Waals surface area contributed by atoms with E-state index in [1.165, 1.54) is 11.8 Å². The average Bonchev–Trinajstić information content (AvgIpc) is 2.66. The Morgan fingerprint density at radius 3 is 2.73 bits per heavy atom. The quantitative estimate of drug-likeness (QED) is 0.791. The van der Waals surface area contributed by atoms with Crippen molar-refractivity contribution in [2.45, 2.75) is 23.6 Å². The van der Waals surface area contributed by atoms with E-state index in [4.69, 9.17) is 4.74 Å². The predicted octanol–water partition coefficient (Wildman–Crippen LogP) is 2.59. The summed E-state index contributed by atoms with van der Waals surface area (Å²) in [5, 5.41) is 5.28. The van der Waals surface area contributed by atoms with Crippen LogP contribution in [0.25, 0.3) is 0 Å². The minimum absolute atomic E-state index is 0.103. The molecule has 0 saturated heterocycles. The van der Waals surface area contributed by atoms with Crippen LogP contribution in [0.1, 0.15) is 22.8 Å². The van der Waals surface area contributed by atoms with Crippen LogP contribution >= 0.6 is 11.8 Å². The van der Waals surface area contributed by atoms with Crippen molar-refractivity contribution in [2.75, 3.05) is 11.9 Å². The molecule has 0 aromatic heterocycles. The lowest BCUT2D eigenvalue weighted by Crippen LogP contribution is -2.28. The van der Waals surface area contributed by atoms with Crippen molar-refractivity contribution in [3.8, 4) is 0 Å². The number of amides is 2. The first-order valence-electron chi connectivity index (χ1n) is 8.12. The summed E-state index contributed by atoms with van der Waals surface area (Å²) in [5.74, 6) is -1.09. The van der Waals surface area contributed by atoms with E-state index >= 15 is 0 Å². The fourth-order valence-electron chi connectivity index (χ4n) is 2.40. The lowest BCUT2D eigenvalue weighted by atomic mass is 10.2. The summed E-state index contributed by atoms with van der Waals surface area (Å²) in [5.41, 5.74) is 1.83. The van der Waals surface area contributed by atoms with Gasteiger partial charge in [-0.15, -0.1) is 11.8 Å². The van der Waals surface area contributed by atoms with E-state index in [-0.39, 0.29) is 29.2 Å². The summed E-state index contributed by atoms with van der Waals surface area (Å²) >= 11 is 1.43. The normalized spacial score (nSPS) is 15.6. The molecule has 0 radical (unpaired) electrons. The third-order valence-electron chi connectivity index (χ3n) is 3.81. The molecule has 0 spiro atoms. The maximum Gasteiger partial charge on any atom is 0.338 e. The van der Waals surface area contributed by atoms with Gasteiger partial charge in [-0.3, -0.25) is 9.59 Å². The summed E-state index contributed by atoms with van der Waals surface area (Å²) < 4.78 is 5.05. The van der Waals surface area contributed by atoms with E-state index in [0.717, 1.165) is 10.5 Å². The van der Waals surface area contributed by atoms with E-state index < -0.39 is 5.97 Å². The monoisotopic (exact) mass is 370 g/mol.